The van der Waals surface area contributed by atoms with Crippen molar-refractivity contribution in [1.29, 1.82) is 0 Å². The quantitative estimate of drug-likeness (QED) is 0.800. The normalized spacial score (nSPS) is 13.2. The molecule has 23 heavy (non-hydrogen) atoms. The first-order valence-corrected chi connectivity index (χ1v) is 8.55. The molecule has 0 aromatic heterocycles. The second-order valence-electron chi connectivity index (χ2n) is 5.58. The summed E-state index contributed by atoms with van der Waals surface area (Å²) in [6, 6.07) is 16.0. The summed E-state index contributed by atoms with van der Waals surface area (Å²) in [6.07, 6.45) is 0. The van der Waals surface area contributed by atoms with Crippen molar-refractivity contribution in [2.45, 2.75) is 37.0 Å². The fourth-order valence-electron chi connectivity index (χ4n) is 2.18. The minimum absolute atomic E-state index is 0.00187. The Balaban J connectivity index is 1.92. The van der Waals surface area contributed by atoms with Gasteiger partial charge in [-0.15, -0.1) is 11.8 Å². The molecule has 0 spiro atoms. The summed E-state index contributed by atoms with van der Waals surface area (Å²) in [7, 11) is 1.64. The van der Waals surface area contributed by atoms with E-state index in [1.54, 1.807) is 18.9 Å². The number of thioether (sulfide) groups is 1. The predicted molar refractivity (Wildman–Crippen MR) is 96.0 cm³/mol. The van der Waals surface area contributed by atoms with E-state index in [-0.39, 0.29) is 17.2 Å². The van der Waals surface area contributed by atoms with E-state index >= 15 is 0 Å². The zero-order valence-electron chi connectivity index (χ0n) is 14.0. The van der Waals surface area contributed by atoms with Crippen LogP contribution in [0.2, 0.25) is 0 Å². The Kier molecular flexibility index (Phi) is 6.11. The molecule has 0 saturated carbocycles. The number of carbonyl (C=O) groups is 1. The number of carbonyl (C=O) groups excluding carboxylic acids is 1. The summed E-state index contributed by atoms with van der Waals surface area (Å²) in [5.41, 5.74) is 2.33. The van der Waals surface area contributed by atoms with Crippen molar-refractivity contribution < 1.29 is 9.53 Å². The van der Waals surface area contributed by atoms with Crippen LogP contribution in [0, 0.1) is 6.92 Å². The van der Waals surface area contributed by atoms with E-state index in [1.807, 2.05) is 38.1 Å². The fourth-order valence-corrected chi connectivity index (χ4v) is 3.06. The summed E-state index contributed by atoms with van der Waals surface area (Å²) >= 11 is 1.54. The molecule has 2 atom stereocenters. The van der Waals surface area contributed by atoms with Crippen LogP contribution < -0.4 is 10.1 Å². The van der Waals surface area contributed by atoms with Gasteiger partial charge in [-0.3, -0.25) is 4.79 Å². The number of hydrogen-bond acceptors (Lipinski definition) is 3. The van der Waals surface area contributed by atoms with Crippen LogP contribution in [0.5, 0.6) is 5.75 Å². The fraction of sp³-hybridized carbons (Fsp3) is 0.316. The summed E-state index contributed by atoms with van der Waals surface area (Å²) in [5.74, 6) is 0.860. The number of methoxy groups -OCH3 is 1. The molecule has 1 N–H and O–H groups in total. The number of rotatable bonds is 6. The first kappa shape index (κ1) is 17.4. The molecule has 0 heterocycles. The molecule has 0 unspecified atom stereocenters. The van der Waals surface area contributed by atoms with E-state index in [9.17, 15) is 4.79 Å². The van der Waals surface area contributed by atoms with E-state index in [4.69, 9.17) is 4.74 Å². The summed E-state index contributed by atoms with van der Waals surface area (Å²) in [4.78, 5) is 13.4. The highest BCUT2D eigenvalue weighted by Crippen LogP contribution is 2.26. The van der Waals surface area contributed by atoms with E-state index < -0.39 is 0 Å². The third kappa shape index (κ3) is 5.03. The molecule has 122 valence electrons. The minimum atomic E-state index is -0.156. The van der Waals surface area contributed by atoms with Gasteiger partial charge in [0, 0.05) is 4.90 Å². The maximum Gasteiger partial charge on any atom is 0.233 e. The largest absolute Gasteiger partial charge is 0.497 e. The van der Waals surface area contributed by atoms with Gasteiger partial charge in [-0.2, -0.15) is 0 Å². The Labute approximate surface area is 142 Å². The number of amides is 1. The van der Waals surface area contributed by atoms with Crippen molar-refractivity contribution in [2.24, 2.45) is 0 Å². The molecule has 0 saturated heterocycles. The van der Waals surface area contributed by atoms with Crippen molar-refractivity contribution in [1.82, 2.24) is 5.32 Å². The predicted octanol–water partition coefficient (Wildman–Crippen LogP) is 4.36. The van der Waals surface area contributed by atoms with E-state index in [2.05, 4.69) is 36.5 Å². The van der Waals surface area contributed by atoms with Gasteiger partial charge in [-0.05, 0) is 50.6 Å². The number of nitrogens with one attached hydrogen (secondary N) is 1. The lowest BCUT2D eigenvalue weighted by molar-refractivity contribution is -0.120. The van der Waals surface area contributed by atoms with Gasteiger partial charge in [0.05, 0.1) is 18.4 Å². The Morgan fingerprint density at radius 3 is 2.22 bits per heavy atom. The topological polar surface area (TPSA) is 38.3 Å². The molecule has 0 radical (unpaired) electrons. The molecule has 0 bridgehead atoms. The Morgan fingerprint density at radius 1 is 1.04 bits per heavy atom. The van der Waals surface area contributed by atoms with Crippen molar-refractivity contribution >= 4 is 17.7 Å². The molecule has 0 aliphatic rings. The maximum absolute atomic E-state index is 12.4. The van der Waals surface area contributed by atoms with Gasteiger partial charge in [0.1, 0.15) is 5.75 Å². The number of benzene rings is 2. The molecule has 1 amide bonds. The molecule has 2 aromatic carbocycles. The maximum atomic E-state index is 12.4. The minimum Gasteiger partial charge on any atom is -0.497 e. The molecular weight excluding hydrogens is 306 g/mol. The standard InChI is InChI=1S/C19H23NO2S/c1-13-5-7-16(8-6-13)14(2)20-19(21)15(3)23-18-11-9-17(22-4)10-12-18/h5-12,14-15H,1-4H3,(H,20,21)/t14-,15+/m1/s1. The summed E-state index contributed by atoms with van der Waals surface area (Å²) in [6.45, 7) is 5.99. The average Bonchev–Trinajstić information content (AvgIpc) is 2.56. The van der Waals surface area contributed by atoms with Crippen LogP contribution in [0.15, 0.2) is 53.4 Å². The third-order valence-electron chi connectivity index (χ3n) is 3.68. The van der Waals surface area contributed by atoms with Gasteiger partial charge in [-0.25, -0.2) is 0 Å². The van der Waals surface area contributed by atoms with Crippen LogP contribution >= 0.6 is 11.8 Å². The molecular formula is C19H23NO2S. The molecule has 4 heteroatoms. The van der Waals surface area contributed by atoms with E-state index in [0.29, 0.717) is 0 Å². The monoisotopic (exact) mass is 329 g/mol. The highest BCUT2D eigenvalue weighted by Gasteiger charge is 2.17. The van der Waals surface area contributed by atoms with E-state index in [1.165, 1.54) is 5.56 Å². The lowest BCUT2D eigenvalue weighted by Gasteiger charge is -2.18. The molecule has 0 fully saturated rings. The van der Waals surface area contributed by atoms with Crippen molar-refractivity contribution in [3.63, 3.8) is 0 Å². The van der Waals surface area contributed by atoms with Gasteiger partial charge < -0.3 is 10.1 Å². The van der Waals surface area contributed by atoms with Gasteiger partial charge in [0.25, 0.3) is 0 Å². The van der Waals surface area contributed by atoms with Crippen molar-refractivity contribution in [3.8, 4) is 5.75 Å². The summed E-state index contributed by atoms with van der Waals surface area (Å²) < 4.78 is 5.14. The molecule has 2 rings (SSSR count). The second-order valence-corrected chi connectivity index (χ2v) is 6.99. The molecule has 2 aromatic rings. The van der Waals surface area contributed by atoms with Crippen LogP contribution in [0.3, 0.4) is 0 Å². The smallest absolute Gasteiger partial charge is 0.233 e. The average molecular weight is 329 g/mol. The lowest BCUT2D eigenvalue weighted by Crippen LogP contribution is -2.33. The van der Waals surface area contributed by atoms with Crippen molar-refractivity contribution in [3.05, 3.63) is 59.7 Å². The SMILES string of the molecule is COc1ccc(S[C@@H](C)C(=O)N[C@H](C)c2ccc(C)cc2)cc1. The van der Waals surface area contributed by atoms with Gasteiger partial charge in [0.15, 0.2) is 0 Å². The third-order valence-corrected chi connectivity index (χ3v) is 4.79. The highest BCUT2D eigenvalue weighted by atomic mass is 32.2. The van der Waals surface area contributed by atoms with Crippen LogP contribution in [0.4, 0.5) is 0 Å². The molecule has 0 aliphatic carbocycles. The number of ether oxygens (including phenoxy) is 1. The van der Waals surface area contributed by atoms with Crippen molar-refractivity contribution in [2.75, 3.05) is 7.11 Å². The first-order chi connectivity index (χ1) is 11.0. The molecule has 3 nitrogen and oxygen atoms in total. The second kappa shape index (κ2) is 8.06. The van der Waals surface area contributed by atoms with Gasteiger partial charge >= 0.3 is 0 Å². The highest BCUT2D eigenvalue weighted by molar-refractivity contribution is 8.00. The molecule has 0 aliphatic heterocycles. The van der Waals surface area contributed by atoms with Crippen LogP contribution in [-0.4, -0.2) is 18.3 Å². The van der Waals surface area contributed by atoms with E-state index in [0.717, 1.165) is 16.2 Å². The zero-order valence-corrected chi connectivity index (χ0v) is 14.8. The zero-order chi connectivity index (χ0) is 16.8. The van der Waals surface area contributed by atoms with Crippen LogP contribution in [-0.2, 0) is 4.79 Å². The Bertz CT molecular complexity index is 637. The number of aryl methyl sites for hydroxylation is 1. The van der Waals surface area contributed by atoms with Gasteiger partial charge in [-0.1, -0.05) is 29.8 Å². The lowest BCUT2D eigenvalue weighted by atomic mass is 10.1. The number of hydrogen-bond donors (Lipinski definition) is 1. The Morgan fingerprint density at radius 2 is 1.65 bits per heavy atom. The summed E-state index contributed by atoms with van der Waals surface area (Å²) in [5, 5.41) is 2.92. The Hall–Kier alpha value is -1.94. The van der Waals surface area contributed by atoms with Gasteiger partial charge in [0.2, 0.25) is 5.91 Å². The van der Waals surface area contributed by atoms with Crippen LogP contribution in [0.1, 0.15) is 31.0 Å². The van der Waals surface area contributed by atoms with Crippen LogP contribution in [0.25, 0.3) is 0 Å². The first-order valence-electron chi connectivity index (χ1n) is 7.67.